The lowest BCUT2D eigenvalue weighted by Gasteiger charge is -2.11. The van der Waals surface area contributed by atoms with Crippen molar-refractivity contribution in [1.82, 2.24) is 4.72 Å². The lowest BCUT2D eigenvalue weighted by atomic mass is 10.0. The molecule has 0 atom stereocenters. The third kappa shape index (κ3) is 4.93. The van der Waals surface area contributed by atoms with Crippen LogP contribution in [0.2, 0.25) is 0 Å². The fourth-order valence-corrected chi connectivity index (χ4v) is 3.45. The average molecular weight is 390 g/mol. The summed E-state index contributed by atoms with van der Waals surface area (Å²) >= 11 is 0. The molecule has 0 aliphatic carbocycles. The molecule has 0 saturated carbocycles. The van der Waals surface area contributed by atoms with Crippen LogP contribution in [0, 0.1) is 20.8 Å². The number of hydrogen-bond acceptors (Lipinski definition) is 5. The summed E-state index contributed by atoms with van der Waals surface area (Å²) in [6.45, 7) is 4.87. The van der Waals surface area contributed by atoms with Gasteiger partial charge < -0.3 is 10.1 Å². The molecular weight excluding hydrogens is 368 g/mol. The Morgan fingerprint density at radius 1 is 1.04 bits per heavy atom. The van der Waals surface area contributed by atoms with Crippen LogP contribution in [-0.2, 0) is 19.6 Å². The molecule has 1 amide bonds. The van der Waals surface area contributed by atoms with Gasteiger partial charge in [0.2, 0.25) is 10.0 Å². The quantitative estimate of drug-likeness (QED) is 0.737. The topological polar surface area (TPSA) is 102 Å². The van der Waals surface area contributed by atoms with Gasteiger partial charge in [0.05, 0.1) is 10.5 Å². The standard InChI is InChI=1S/C19H22N2O5S/c1-12-6-5-7-16(14(12)3)19(23)26-11-18(22)21-15-9-8-13(2)17(10-15)27(24,25)20-4/h5-10,20H,11H2,1-4H3,(H,21,22). The van der Waals surface area contributed by atoms with Gasteiger partial charge in [-0.3, -0.25) is 4.79 Å². The number of amides is 1. The Morgan fingerprint density at radius 2 is 1.74 bits per heavy atom. The number of carbonyl (C=O) groups is 2. The minimum absolute atomic E-state index is 0.0650. The first-order valence-electron chi connectivity index (χ1n) is 8.23. The van der Waals surface area contributed by atoms with Crippen molar-refractivity contribution in [3.8, 4) is 0 Å². The van der Waals surface area contributed by atoms with Gasteiger partial charge in [0.15, 0.2) is 6.61 Å². The van der Waals surface area contributed by atoms with Crippen LogP contribution in [0.5, 0.6) is 0 Å². The predicted octanol–water partition coefficient (Wildman–Crippen LogP) is 2.32. The third-order valence-electron chi connectivity index (χ3n) is 4.19. The first-order valence-corrected chi connectivity index (χ1v) is 9.71. The third-order valence-corrected chi connectivity index (χ3v) is 5.75. The Balaban J connectivity index is 2.05. The van der Waals surface area contributed by atoms with E-state index in [-0.39, 0.29) is 4.90 Å². The van der Waals surface area contributed by atoms with Crippen LogP contribution >= 0.6 is 0 Å². The van der Waals surface area contributed by atoms with Crippen LogP contribution in [-0.4, -0.2) is 33.9 Å². The molecule has 0 aliphatic rings. The molecule has 144 valence electrons. The molecule has 0 unspecified atom stereocenters. The molecule has 0 heterocycles. The van der Waals surface area contributed by atoms with E-state index in [0.717, 1.165) is 11.1 Å². The highest BCUT2D eigenvalue weighted by atomic mass is 32.2. The van der Waals surface area contributed by atoms with Gasteiger partial charge in [0, 0.05) is 5.69 Å². The van der Waals surface area contributed by atoms with Crippen molar-refractivity contribution in [1.29, 1.82) is 0 Å². The van der Waals surface area contributed by atoms with Crippen LogP contribution in [0.3, 0.4) is 0 Å². The van der Waals surface area contributed by atoms with Gasteiger partial charge in [0.25, 0.3) is 5.91 Å². The minimum Gasteiger partial charge on any atom is -0.452 e. The molecule has 0 aliphatic heterocycles. The van der Waals surface area contributed by atoms with Crippen molar-refractivity contribution in [2.45, 2.75) is 25.7 Å². The molecule has 8 heteroatoms. The van der Waals surface area contributed by atoms with Crippen LogP contribution < -0.4 is 10.0 Å². The number of hydrogen-bond donors (Lipinski definition) is 2. The molecule has 0 aromatic heterocycles. The van der Waals surface area contributed by atoms with Gasteiger partial charge in [-0.05, 0) is 62.7 Å². The molecule has 27 heavy (non-hydrogen) atoms. The van der Waals surface area contributed by atoms with E-state index < -0.39 is 28.5 Å². The van der Waals surface area contributed by atoms with E-state index >= 15 is 0 Å². The van der Waals surface area contributed by atoms with Crippen LogP contribution in [0.25, 0.3) is 0 Å². The molecule has 0 spiro atoms. The number of anilines is 1. The number of ether oxygens (including phenoxy) is 1. The smallest absolute Gasteiger partial charge is 0.338 e. The fraction of sp³-hybridized carbons (Fsp3) is 0.263. The number of nitrogens with one attached hydrogen (secondary N) is 2. The van der Waals surface area contributed by atoms with Gasteiger partial charge >= 0.3 is 5.97 Å². The number of carbonyl (C=O) groups excluding carboxylic acids is 2. The largest absolute Gasteiger partial charge is 0.452 e. The predicted molar refractivity (Wildman–Crippen MR) is 102 cm³/mol. The van der Waals surface area contributed by atoms with E-state index in [2.05, 4.69) is 10.0 Å². The van der Waals surface area contributed by atoms with Crippen molar-refractivity contribution < 1.29 is 22.7 Å². The first-order chi connectivity index (χ1) is 12.7. The van der Waals surface area contributed by atoms with E-state index in [4.69, 9.17) is 4.74 Å². The zero-order valence-corrected chi connectivity index (χ0v) is 16.4. The van der Waals surface area contributed by atoms with Gasteiger partial charge in [-0.15, -0.1) is 0 Å². The molecule has 0 saturated heterocycles. The number of aryl methyl sites for hydroxylation is 2. The van der Waals surface area contributed by atoms with Crippen molar-refractivity contribution in [3.05, 3.63) is 58.7 Å². The SMILES string of the molecule is CNS(=O)(=O)c1cc(NC(=O)COC(=O)c2cccc(C)c2C)ccc1C. The van der Waals surface area contributed by atoms with E-state index in [0.29, 0.717) is 16.8 Å². The Bertz CT molecular complexity index is 984. The average Bonchev–Trinajstić information content (AvgIpc) is 2.63. The van der Waals surface area contributed by atoms with Crippen LogP contribution in [0.4, 0.5) is 5.69 Å². The maximum absolute atomic E-state index is 12.2. The lowest BCUT2D eigenvalue weighted by molar-refractivity contribution is -0.119. The summed E-state index contributed by atoms with van der Waals surface area (Å²) in [4.78, 5) is 24.3. The van der Waals surface area contributed by atoms with Crippen LogP contribution in [0.1, 0.15) is 27.0 Å². The molecule has 0 bridgehead atoms. The number of benzene rings is 2. The lowest BCUT2D eigenvalue weighted by Crippen LogP contribution is -2.22. The Kier molecular flexibility index (Phi) is 6.35. The summed E-state index contributed by atoms with van der Waals surface area (Å²) in [6, 6.07) is 9.78. The zero-order valence-electron chi connectivity index (χ0n) is 15.6. The molecule has 2 rings (SSSR count). The van der Waals surface area contributed by atoms with Crippen molar-refractivity contribution in [2.75, 3.05) is 19.0 Å². The molecular formula is C19H22N2O5S. The van der Waals surface area contributed by atoms with E-state index in [1.165, 1.54) is 13.1 Å². The molecule has 2 aromatic carbocycles. The fourth-order valence-electron chi connectivity index (χ4n) is 2.46. The summed E-state index contributed by atoms with van der Waals surface area (Å²) in [5.74, 6) is -1.15. The van der Waals surface area contributed by atoms with Gasteiger partial charge in [-0.2, -0.15) is 0 Å². The van der Waals surface area contributed by atoms with Crippen molar-refractivity contribution in [3.63, 3.8) is 0 Å². The second-order valence-electron chi connectivity index (χ2n) is 6.06. The van der Waals surface area contributed by atoms with Crippen molar-refractivity contribution >= 4 is 27.6 Å². The highest BCUT2D eigenvalue weighted by Crippen LogP contribution is 2.20. The maximum Gasteiger partial charge on any atom is 0.338 e. The Labute approximate surface area is 158 Å². The molecule has 2 aromatic rings. The first kappa shape index (κ1) is 20.6. The van der Waals surface area contributed by atoms with Gasteiger partial charge in [-0.1, -0.05) is 18.2 Å². The highest BCUT2D eigenvalue weighted by Gasteiger charge is 2.17. The van der Waals surface area contributed by atoms with Crippen LogP contribution in [0.15, 0.2) is 41.3 Å². The monoisotopic (exact) mass is 390 g/mol. The number of rotatable bonds is 6. The molecule has 7 nitrogen and oxygen atoms in total. The summed E-state index contributed by atoms with van der Waals surface area (Å²) < 4.78 is 31.3. The molecule has 0 radical (unpaired) electrons. The number of sulfonamides is 1. The Morgan fingerprint density at radius 3 is 2.41 bits per heavy atom. The molecule has 0 fully saturated rings. The zero-order chi connectivity index (χ0) is 20.2. The molecule has 2 N–H and O–H groups in total. The minimum atomic E-state index is -3.64. The second kappa shape index (κ2) is 8.32. The van der Waals surface area contributed by atoms with Crippen molar-refractivity contribution in [2.24, 2.45) is 0 Å². The summed E-state index contributed by atoms with van der Waals surface area (Å²) in [6.07, 6.45) is 0. The summed E-state index contributed by atoms with van der Waals surface area (Å²) in [7, 11) is -2.33. The van der Waals surface area contributed by atoms with E-state index in [1.807, 2.05) is 19.9 Å². The van der Waals surface area contributed by atoms with Gasteiger partial charge in [0.1, 0.15) is 0 Å². The highest BCUT2D eigenvalue weighted by molar-refractivity contribution is 7.89. The van der Waals surface area contributed by atoms with Gasteiger partial charge in [-0.25, -0.2) is 17.9 Å². The van der Waals surface area contributed by atoms with E-state index in [9.17, 15) is 18.0 Å². The van der Waals surface area contributed by atoms with E-state index in [1.54, 1.807) is 31.2 Å². The summed E-state index contributed by atoms with van der Waals surface area (Å²) in [5, 5.41) is 2.53. The normalized spacial score (nSPS) is 11.1. The Hall–Kier alpha value is -2.71. The second-order valence-corrected chi connectivity index (χ2v) is 7.91. The number of esters is 1. The summed E-state index contributed by atoms with van der Waals surface area (Å²) in [5.41, 5.74) is 2.99. The maximum atomic E-state index is 12.2.